The summed E-state index contributed by atoms with van der Waals surface area (Å²) in [5.41, 5.74) is 15.4. The van der Waals surface area contributed by atoms with E-state index in [1.165, 1.54) is 0 Å². The Labute approximate surface area is 194 Å². The van der Waals surface area contributed by atoms with E-state index in [9.17, 15) is 4.79 Å². The Morgan fingerprint density at radius 2 is 2.03 bits per heavy atom. The van der Waals surface area contributed by atoms with Crippen LogP contribution in [0.1, 0.15) is 30.1 Å². The minimum absolute atomic E-state index is 0.107. The van der Waals surface area contributed by atoms with E-state index in [1.807, 2.05) is 34.6 Å². The van der Waals surface area contributed by atoms with E-state index in [0.717, 1.165) is 18.4 Å². The Bertz CT molecular complexity index is 1340. The van der Waals surface area contributed by atoms with Crippen molar-refractivity contribution in [1.29, 1.82) is 0 Å². The number of piperidine rings is 1. The highest BCUT2D eigenvalue weighted by molar-refractivity contribution is 6.30. The van der Waals surface area contributed by atoms with Crippen LogP contribution in [-0.4, -0.2) is 54.8 Å². The number of carbonyl (C=O) groups excluding carboxylic acids is 1. The molecule has 1 saturated heterocycles. The lowest BCUT2D eigenvalue weighted by molar-refractivity contribution is 0.0716. The van der Waals surface area contributed by atoms with Gasteiger partial charge in [-0.2, -0.15) is 0 Å². The molecule has 10 nitrogen and oxygen atoms in total. The Balaban J connectivity index is 1.75. The van der Waals surface area contributed by atoms with E-state index in [0.29, 0.717) is 58.5 Å². The van der Waals surface area contributed by atoms with Crippen molar-refractivity contribution in [3.05, 3.63) is 41.0 Å². The molecule has 1 aromatic carbocycles. The number of halogens is 1. The van der Waals surface area contributed by atoms with E-state index < -0.39 is 0 Å². The lowest BCUT2D eigenvalue weighted by Crippen LogP contribution is -2.43. The van der Waals surface area contributed by atoms with Crippen LogP contribution in [0.2, 0.25) is 5.02 Å². The van der Waals surface area contributed by atoms with Gasteiger partial charge in [-0.25, -0.2) is 9.61 Å². The number of nitrogen functional groups attached to an aromatic ring is 1. The molecule has 33 heavy (non-hydrogen) atoms. The summed E-state index contributed by atoms with van der Waals surface area (Å²) in [4.78, 5) is 24.8. The number of benzene rings is 1. The van der Waals surface area contributed by atoms with Crippen LogP contribution in [0.15, 0.2) is 35.1 Å². The molecule has 1 fully saturated rings. The van der Waals surface area contributed by atoms with Crippen LogP contribution in [0.25, 0.3) is 33.8 Å². The Hall–Kier alpha value is -3.50. The largest absolute Gasteiger partial charge is 0.379 e. The van der Waals surface area contributed by atoms with Crippen LogP contribution >= 0.6 is 11.6 Å². The van der Waals surface area contributed by atoms with Gasteiger partial charge in [-0.15, -0.1) is 0 Å². The molecule has 4 aromatic rings. The molecule has 3 aromatic heterocycles. The van der Waals surface area contributed by atoms with Gasteiger partial charge in [-0.05, 0) is 42.2 Å². The molecule has 4 heterocycles. The molecule has 0 spiro atoms. The zero-order valence-electron chi connectivity index (χ0n) is 18.0. The molecular weight excluding hydrogens is 444 g/mol. The summed E-state index contributed by atoms with van der Waals surface area (Å²) in [7, 11) is 0. The van der Waals surface area contributed by atoms with Crippen LogP contribution in [0.5, 0.6) is 0 Å². The van der Waals surface area contributed by atoms with Crippen LogP contribution in [0.3, 0.4) is 0 Å². The topological polar surface area (TPSA) is 142 Å². The number of aryl methyl sites for hydroxylation is 1. The number of rotatable bonds is 4. The minimum atomic E-state index is -0.107. The van der Waals surface area contributed by atoms with Gasteiger partial charge in [0.15, 0.2) is 17.3 Å². The zero-order chi connectivity index (χ0) is 23.1. The number of fused-ring (bicyclic) bond motifs is 1. The van der Waals surface area contributed by atoms with Crippen molar-refractivity contribution in [2.45, 2.75) is 32.4 Å². The van der Waals surface area contributed by atoms with Gasteiger partial charge in [-0.3, -0.25) is 9.78 Å². The lowest BCUT2D eigenvalue weighted by atomic mass is 10.0. The van der Waals surface area contributed by atoms with Gasteiger partial charge in [0.2, 0.25) is 0 Å². The smallest absolute Gasteiger partial charge is 0.257 e. The molecule has 0 radical (unpaired) electrons. The summed E-state index contributed by atoms with van der Waals surface area (Å²) in [5, 5.41) is 8.20. The van der Waals surface area contributed by atoms with Crippen LogP contribution < -0.4 is 11.5 Å². The maximum atomic E-state index is 13.6. The molecule has 5 rings (SSSR count). The number of anilines is 1. The third kappa shape index (κ3) is 3.70. The third-order valence-electron chi connectivity index (χ3n) is 5.97. The standard InChI is InChI=1S/C22H23ClN8O2/c1-2-31-19-15(22(32)30-8-6-14(24)7-9-30)11-26-16(12-4-3-5-13(23)10-12)17(19)27-21(31)18-20(25)29-33-28-18/h3-5,10-11,14H,2,6-9,24H2,1H3,(H2,25,29). The Morgan fingerprint density at radius 1 is 1.24 bits per heavy atom. The fraction of sp³-hybridized carbons (Fsp3) is 0.318. The van der Waals surface area contributed by atoms with E-state index >= 15 is 0 Å². The predicted molar refractivity (Wildman–Crippen MR) is 124 cm³/mol. The molecule has 1 amide bonds. The van der Waals surface area contributed by atoms with Crippen molar-refractivity contribution in [3.8, 4) is 22.8 Å². The highest BCUT2D eigenvalue weighted by Gasteiger charge is 2.29. The molecule has 11 heteroatoms. The first-order chi connectivity index (χ1) is 16.0. The molecule has 0 bridgehead atoms. The van der Waals surface area contributed by atoms with Gasteiger partial charge in [0, 0.05) is 42.5 Å². The fourth-order valence-corrected chi connectivity index (χ4v) is 4.45. The number of amides is 1. The summed E-state index contributed by atoms with van der Waals surface area (Å²) < 4.78 is 6.70. The lowest BCUT2D eigenvalue weighted by Gasteiger charge is -2.30. The maximum absolute atomic E-state index is 13.6. The van der Waals surface area contributed by atoms with Gasteiger partial charge in [-0.1, -0.05) is 23.7 Å². The van der Waals surface area contributed by atoms with E-state index in [2.05, 4.69) is 15.3 Å². The summed E-state index contributed by atoms with van der Waals surface area (Å²) in [6, 6.07) is 7.47. The zero-order valence-corrected chi connectivity index (χ0v) is 18.8. The second-order valence-corrected chi connectivity index (χ2v) is 8.47. The number of likely N-dealkylation sites (tertiary alicyclic amines) is 1. The monoisotopic (exact) mass is 466 g/mol. The van der Waals surface area contributed by atoms with Crippen LogP contribution in [-0.2, 0) is 6.54 Å². The minimum Gasteiger partial charge on any atom is -0.379 e. The van der Waals surface area contributed by atoms with Gasteiger partial charge < -0.3 is 20.9 Å². The molecule has 0 unspecified atom stereocenters. The quantitative estimate of drug-likeness (QED) is 0.467. The molecule has 0 atom stereocenters. The predicted octanol–water partition coefficient (Wildman–Crippen LogP) is 2.97. The molecule has 1 aliphatic heterocycles. The van der Waals surface area contributed by atoms with Crippen molar-refractivity contribution < 1.29 is 9.42 Å². The maximum Gasteiger partial charge on any atom is 0.257 e. The number of aromatic nitrogens is 5. The molecular formula is C22H23ClN8O2. The number of imidazole rings is 1. The number of nitrogens with zero attached hydrogens (tertiary/aromatic N) is 6. The van der Waals surface area contributed by atoms with Gasteiger partial charge >= 0.3 is 0 Å². The number of nitrogens with two attached hydrogens (primary N) is 2. The third-order valence-corrected chi connectivity index (χ3v) is 6.20. The highest BCUT2D eigenvalue weighted by atomic mass is 35.5. The van der Waals surface area contributed by atoms with Gasteiger partial charge in [0.25, 0.3) is 5.91 Å². The second kappa shape index (κ2) is 8.45. The molecule has 0 aliphatic carbocycles. The molecule has 0 saturated carbocycles. The fourth-order valence-electron chi connectivity index (χ4n) is 4.26. The van der Waals surface area contributed by atoms with E-state index in [4.69, 9.17) is 32.7 Å². The summed E-state index contributed by atoms with van der Waals surface area (Å²) in [6.45, 7) is 3.68. The number of pyridine rings is 1. The summed E-state index contributed by atoms with van der Waals surface area (Å²) >= 11 is 6.24. The highest BCUT2D eigenvalue weighted by Crippen LogP contribution is 2.35. The molecule has 4 N–H and O–H groups in total. The normalized spacial score (nSPS) is 14.8. The number of carbonyl (C=O) groups is 1. The van der Waals surface area contributed by atoms with Crippen molar-refractivity contribution in [2.75, 3.05) is 18.8 Å². The van der Waals surface area contributed by atoms with Crippen LogP contribution in [0, 0.1) is 0 Å². The Kier molecular flexibility index (Phi) is 5.47. The van der Waals surface area contributed by atoms with Crippen molar-refractivity contribution in [3.63, 3.8) is 0 Å². The Morgan fingerprint density at radius 3 is 2.70 bits per heavy atom. The first-order valence-electron chi connectivity index (χ1n) is 10.8. The number of hydrogen-bond donors (Lipinski definition) is 2. The first-order valence-corrected chi connectivity index (χ1v) is 11.1. The van der Waals surface area contributed by atoms with Gasteiger partial charge in [0.1, 0.15) is 5.52 Å². The van der Waals surface area contributed by atoms with E-state index in [1.54, 1.807) is 12.3 Å². The van der Waals surface area contributed by atoms with E-state index in [-0.39, 0.29) is 17.8 Å². The first kappa shape index (κ1) is 21.4. The summed E-state index contributed by atoms with van der Waals surface area (Å²) in [6.07, 6.45) is 3.14. The molecule has 170 valence electrons. The van der Waals surface area contributed by atoms with Crippen molar-refractivity contribution in [1.82, 2.24) is 29.7 Å². The van der Waals surface area contributed by atoms with Crippen LogP contribution in [0.4, 0.5) is 5.82 Å². The average molecular weight is 467 g/mol. The average Bonchev–Trinajstić information content (AvgIpc) is 3.41. The van der Waals surface area contributed by atoms with Crippen molar-refractivity contribution in [2.24, 2.45) is 5.73 Å². The second-order valence-electron chi connectivity index (χ2n) is 8.04. The molecule has 1 aliphatic rings. The SMILES string of the molecule is CCn1c(-c2nonc2N)nc2c(-c3cccc(Cl)c3)ncc(C(=O)N3CCC(N)CC3)c21. The van der Waals surface area contributed by atoms with Crippen molar-refractivity contribution >= 4 is 34.4 Å². The van der Waals surface area contributed by atoms with Gasteiger partial charge in [0.05, 0.1) is 16.8 Å². The summed E-state index contributed by atoms with van der Waals surface area (Å²) in [5.74, 6) is 0.469. The number of hydrogen-bond acceptors (Lipinski definition) is 8.